The molecule has 3 aromatic heterocycles. The molecule has 0 radical (unpaired) electrons. The highest BCUT2D eigenvalue weighted by molar-refractivity contribution is 6.07. The lowest BCUT2D eigenvalue weighted by atomic mass is 10.0. The number of benzene rings is 2. The van der Waals surface area contributed by atoms with Crippen molar-refractivity contribution < 1.29 is 9.21 Å². The molecule has 0 fully saturated rings. The summed E-state index contributed by atoms with van der Waals surface area (Å²) in [6.07, 6.45) is 4.09. The Hall–Kier alpha value is -4.19. The van der Waals surface area contributed by atoms with E-state index in [0.29, 0.717) is 18.5 Å². The van der Waals surface area contributed by atoms with Gasteiger partial charge in [0.2, 0.25) is 0 Å². The summed E-state index contributed by atoms with van der Waals surface area (Å²) < 4.78 is 7.27. The second-order valence-corrected chi connectivity index (χ2v) is 8.55. The summed E-state index contributed by atoms with van der Waals surface area (Å²) in [5, 5.41) is 8.47. The summed E-state index contributed by atoms with van der Waals surface area (Å²) in [5.41, 5.74) is 7.23. The van der Waals surface area contributed by atoms with Crippen LogP contribution in [0.2, 0.25) is 0 Å². The summed E-state index contributed by atoms with van der Waals surface area (Å²) in [7, 11) is 0. The number of hydrogen-bond acceptors (Lipinski definition) is 4. The van der Waals surface area contributed by atoms with Gasteiger partial charge >= 0.3 is 0 Å². The maximum absolute atomic E-state index is 13.2. The molecular weight excluding hydrogens is 424 g/mol. The van der Waals surface area contributed by atoms with Crippen molar-refractivity contribution in [1.29, 1.82) is 0 Å². The van der Waals surface area contributed by atoms with Gasteiger partial charge in [-0.1, -0.05) is 29.3 Å². The number of amides is 1. The second-order valence-electron chi connectivity index (χ2n) is 8.55. The Morgan fingerprint density at radius 2 is 1.79 bits per heavy atom. The minimum absolute atomic E-state index is 0.130. The Balaban J connectivity index is 1.52. The van der Waals surface area contributed by atoms with E-state index in [4.69, 9.17) is 9.40 Å². The summed E-state index contributed by atoms with van der Waals surface area (Å²) in [6.45, 7) is 6.59. The molecule has 0 saturated carbocycles. The molecular formula is C28H26N4O2. The maximum Gasteiger partial charge on any atom is 0.252 e. The first-order valence-corrected chi connectivity index (χ1v) is 11.3. The fourth-order valence-corrected chi connectivity index (χ4v) is 4.12. The Morgan fingerprint density at radius 3 is 2.56 bits per heavy atom. The van der Waals surface area contributed by atoms with Gasteiger partial charge in [0.1, 0.15) is 5.76 Å². The van der Waals surface area contributed by atoms with Crippen LogP contribution in [0.25, 0.3) is 27.8 Å². The lowest BCUT2D eigenvalue weighted by molar-refractivity contribution is 0.0955. The topological polar surface area (TPSA) is 73.0 Å². The van der Waals surface area contributed by atoms with E-state index in [9.17, 15) is 4.79 Å². The van der Waals surface area contributed by atoms with E-state index in [1.807, 2.05) is 73.3 Å². The van der Waals surface area contributed by atoms with E-state index >= 15 is 0 Å². The Morgan fingerprint density at radius 1 is 1.00 bits per heavy atom. The molecule has 1 N–H and O–H groups in total. The van der Waals surface area contributed by atoms with Crippen LogP contribution in [0.15, 0.2) is 77.5 Å². The van der Waals surface area contributed by atoms with Crippen molar-refractivity contribution in [1.82, 2.24) is 20.1 Å². The molecule has 5 aromatic rings. The zero-order valence-corrected chi connectivity index (χ0v) is 19.5. The van der Waals surface area contributed by atoms with Gasteiger partial charge < -0.3 is 9.73 Å². The minimum atomic E-state index is -0.130. The van der Waals surface area contributed by atoms with E-state index in [-0.39, 0.29) is 5.91 Å². The molecule has 170 valence electrons. The van der Waals surface area contributed by atoms with Crippen LogP contribution in [0.3, 0.4) is 0 Å². The molecule has 34 heavy (non-hydrogen) atoms. The maximum atomic E-state index is 13.2. The Kier molecular flexibility index (Phi) is 5.72. The van der Waals surface area contributed by atoms with Gasteiger partial charge in [0.25, 0.3) is 5.91 Å². The lowest BCUT2D eigenvalue weighted by Gasteiger charge is -2.11. The lowest BCUT2D eigenvalue weighted by Crippen LogP contribution is -2.26. The first-order valence-electron chi connectivity index (χ1n) is 11.3. The van der Waals surface area contributed by atoms with Crippen LogP contribution in [0.1, 0.15) is 32.9 Å². The normalized spacial score (nSPS) is 11.1. The molecule has 0 aliphatic rings. The Labute approximate surface area is 198 Å². The number of carbonyl (C=O) groups is 1. The summed E-state index contributed by atoms with van der Waals surface area (Å²) >= 11 is 0. The molecule has 6 heteroatoms. The summed E-state index contributed by atoms with van der Waals surface area (Å²) in [6, 6.07) is 19.8. The zero-order valence-electron chi connectivity index (χ0n) is 19.5. The molecule has 0 unspecified atom stereocenters. The SMILES string of the molecule is Cc1ccc(-n2ncc(-c3cc(C(=O)NCCc4ccco4)c4cc(C)ccc4n3)c2C)cc1. The van der Waals surface area contributed by atoms with Crippen molar-refractivity contribution in [3.63, 3.8) is 0 Å². The fourth-order valence-electron chi connectivity index (χ4n) is 4.12. The van der Waals surface area contributed by atoms with Crippen molar-refractivity contribution in [2.24, 2.45) is 0 Å². The largest absolute Gasteiger partial charge is 0.469 e. The number of aryl methyl sites for hydroxylation is 2. The van der Waals surface area contributed by atoms with Gasteiger partial charge in [-0.2, -0.15) is 5.10 Å². The standard InChI is InChI=1S/C28H26N4O2/c1-18-6-9-21(10-7-18)32-20(3)25(17-30-32)27-16-24(23-15-19(2)8-11-26(23)31-27)28(33)29-13-12-22-5-4-14-34-22/h4-11,14-17H,12-13H2,1-3H3,(H,29,33). The molecule has 1 amide bonds. The number of furan rings is 1. The molecule has 0 aliphatic carbocycles. The number of hydrogen-bond donors (Lipinski definition) is 1. The van der Waals surface area contributed by atoms with Crippen LogP contribution in [0, 0.1) is 20.8 Å². The molecule has 0 bridgehead atoms. The number of nitrogens with one attached hydrogen (secondary N) is 1. The number of fused-ring (bicyclic) bond motifs is 1. The van der Waals surface area contributed by atoms with Gasteiger partial charge in [0.15, 0.2) is 0 Å². The highest BCUT2D eigenvalue weighted by Crippen LogP contribution is 2.29. The van der Waals surface area contributed by atoms with Crippen LogP contribution in [-0.2, 0) is 6.42 Å². The molecule has 0 aliphatic heterocycles. The predicted molar refractivity (Wildman–Crippen MR) is 133 cm³/mol. The van der Waals surface area contributed by atoms with Gasteiger partial charge in [0, 0.05) is 23.9 Å². The number of nitrogens with zero attached hydrogens (tertiary/aromatic N) is 3. The quantitative estimate of drug-likeness (QED) is 0.367. The first-order chi connectivity index (χ1) is 16.5. The third-order valence-electron chi connectivity index (χ3n) is 6.01. The smallest absolute Gasteiger partial charge is 0.252 e. The number of aromatic nitrogens is 3. The summed E-state index contributed by atoms with van der Waals surface area (Å²) in [4.78, 5) is 18.1. The third-order valence-corrected chi connectivity index (χ3v) is 6.01. The van der Waals surface area contributed by atoms with Gasteiger partial charge in [-0.3, -0.25) is 4.79 Å². The minimum Gasteiger partial charge on any atom is -0.469 e. The molecule has 6 nitrogen and oxygen atoms in total. The van der Waals surface area contributed by atoms with Crippen molar-refractivity contribution >= 4 is 16.8 Å². The molecule has 0 saturated heterocycles. The average molecular weight is 451 g/mol. The van der Waals surface area contributed by atoms with Gasteiger partial charge in [-0.05, 0) is 63.2 Å². The van der Waals surface area contributed by atoms with Crippen LogP contribution in [-0.4, -0.2) is 27.2 Å². The first kappa shape index (κ1) is 21.6. The van der Waals surface area contributed by atoms with Crippen LogP contribution >= 0.6 is 0 Å². The third kappa shape index (κ3) is 4.22. The highest BCUT2D eigenvalue weighted by atomic mass is 16.3. The van der Waals surface area contributed by atoms with E-state index in [1.54, 1.807) is 6.26 Å². The Bertz CT molecular complexity index is 1460. The van der Waals surface area contributed by atoms with Crippen molar-refractivity contribution in [3.8, 4) is 16.9 Å². The van der Waals surface area contributed by atoms with E-state index in [2.05, 4.69) is 29.5 Å². The average Bonchev–Trinajstić information content (AvgIpc) is 3.49. The number of rotatable bonds is 6. The molecule has 0 atom stereocenters. The van der Waals surface area contributed by atoms with Gasteiger partial charge in [-0.25, -0.2) is 9.67 Å². The molecule has 2 aromatic carbocycles. The zero-order chi connectivity index (χ0) is 23.7. The number of pyridine rings is 1. The fraction of sp³-hybridized carbons (Fsp3) is 0.179. The highest BCUT2D eigenvalue weighted by Gasteiger charge is 2.17. The van der Waals surface area contributed by atoms with E-state index in [1.165, 1.54) is 5.56 Å². The monoisotopic (exact) mass is 450 g/mol. The van der Waals surface area contributed by atoms with Crippen molar-refractivity contribution in [2.45, 2.75) is 27.2 Å². The van der Waals surface area contributed by atoms with E-state index < -0.39 is 0 Å². The summed E-state index contributed by atoms with van der Waals surface area (Å²) in [5.74, 6) is 0.713. The second kappa shape index (κ2) is 8.98. The van der Waals surface area contributed by atoms with Gasteiger partial charge in [0.05, 0.1) is 40.6 Å². The van der Waals surface area contributed by atoms with Crippen molar-refractivity contribution in [2.75, 3.05) is 6.54 Å². The van der Waals surface area contributed by atoms with Crippen LogP contribution < -0.4 is 5.32 Å². The number of carbonyl (C=O) groups excluding carboxylic acids is 1. The molecule has 5 rings (SSSR count). The van der Waals surface area contributed by atoms with Gasteiger partial charge in [-0.15, -0.1) is 0 Å². The molecule has 3 heterocycles. The van der Waals surface area contributed by atoms with Crippen LogP contribution in [0.4, 0.5) is 0 Å². The predicted octanol–water partition coefficient (Wildman–Crippen LogP) is 5.58. The van der Waals surface area contributed by atoms with Crippen LogP contribution in [0.5, 0.6) is 0 Å². The molecule has 0 spiro atoms. The van der Waals surface area contributed by atoms with E-state index in [0.717, 1.165) is 44.9 Å². The van der Waals surface area contributed by atoms with Crippen molar-refractivity contribution in [3.05, 3.63) is 101 Å².